The Bertz CT molecular complexity index is 1600. The van der Waals surface area contributed by atoms with Gasteiger partial charge in [-0.15, -0.1) is 0 Å². The number of halogens is 1. The predicted molar refractivity (Wildman–Crippen MR) is 146 cm³/mol. The van der Waals surface area contributed by atoms with Crippen LogP contribution < -0.4 is 0 Å². The third-order valence-electron chi connectivity index (χ3n) is 6.35. The van der Waals surface area contributed by atoms with Gasteiger partial charge in [0.2, 0.25) is 0 Å². The van der Waals surface area contributed by atoms with Gasteiger partial charge in [-0.05, 0) is 47.8 Å². The molecule has 0 amide bonds. The van der Waals surface area contributed by atoms with E-state index < -0.39 is 0 Å². The first-order chi connectivity index (χ1) is 16.2. The lowest BCUT2D eigenvalue weighted by Crippen LogP contribution is -2.00. The molecule has 6 aromatic rings. The van der Waals surface area contributed by atoms with Crippen LogP contribution in [-0.4, -0.2) is 9.13 Å². The lowest BCUT2D eigenvalue weighted by Gasteiger charge is -2.11. The number of aromatic nitrogens is 2. The van der Waals surface area contributed by atoms with Crippen molar-refractivity contribution in [3.8, 4) is 0 Å². The van der Waals surface area contributed by atoms with Gasteiger partial charge in [0.05, 0.1) is 11.0 Å². The first kappa shape index (κ1) is 20.1. The van der Waals surface area contributed by atoms with Crippen LogP contribution in [0.25, 0.3) is 49.3 Å². The zero-order valence-electron chi connectivity index (χ0n) is 18.4. The van der Waals surface area contributed by atoms with Crippen molar-refractivity contribution < 1.29 is 0 Å². The summed E-state index contributed by atoms with van der Waals surface area (Å²) in [5.74, 6) is 0. The van der Waals surface area contributed by atoms with E-state index in [4.69, 9.17) is 0 Å². The lowest BCUT2D eigenvalue weighted by molar-refractivity contribution is 0.896. The van der Waals surface area contributed by atoms with E-state index in [1.807, 2.05) is 0 Å². The van der Waals surface area contributed by atoms with Crippen molar-refractivity contribution in [2.24, 2.45) is 0 Å². The number of fused-ring (bicyclic) bond motifs is 6. The van der Waals surface area contributed by atoms with E-state index in [9.17, 15) is 0 Å². The van der Waals surface area contributed by atoms with Gasteiger partial charge in [-0.25, -0.2) is 0 Å². The van der Waals surface area contributed by atoms with Crippen LogP contribution in [0, 0.1) is 0 Å². The summed E-state index contributed by atoms with van der Waals surface area (Å²) in [6, 6.07) is 34.7. The number of hydrogen-bond acceptors (Lipinski definition) is 0. The summed E-state index contributed by atoms with van der Waals surface area (Å²) in [5.41, 5.74) is 6.12. The Morgan fingerprint density at radius 3 is 1.48 bits per heavy atom. The molecule has 0 aliphatic rings. The molecule has 3 heteroatoms. The maximum absolute atomic E-state index is 3.69. The highest BCUT2D eigenvalue weighted by Crippen LogP contribution is 2.33. The van der Waals surface area contributed by atoms with Gasteiger partial charge in [0.25, 0.3) is 0 Å². The smallest absolute Gasteiger partial charge is 0.0540 e. The van der Waals surface area contributed by atoms with Crippen molar-refractivity contribution in [2.45, 2.75) is 13.5 Å². The monoisotopic (exact) mass is 490 g/mol. The predicted octanol–water partition coefficient (Wildman–Crippen LogP) is 8.74. The Kier molecular flexibility index (Phi) is 4.92. The topological polar surface area (TPSA) is 9.86 Å². The molecular weight excluding hydrogens is 468 g/mol. The average Bonchev–Trinajstić information content (AvgIpc) is 3.35. The van der Waals surface area contributed by atoms with Crippen LogP contribution in [-0.2, 0) is 6.54 Å². The van der Waals surface area contributed by atoms with Crippen LogP contribution in [0.1, 0.15) is 6.92 Å². The van der Waals surface area contributed by atoms with Gasteiger partial charge in [-0.1, -0.05) is 88.7 Å². The van der Waals surface area contributed by atoms with Gasteiger partial charge in [-0.2, -0.15) is 0 Å². The highest BCUT2D eigenvalue weighted by molar-refractivity contribution is 9.11. The zero-order chi connectivity index (χ0) is 22.4. The summed E-state index contributed by atoms with van der Waals surface area (Å²) < 4.78 is 5.89. The molecule has 0 saturated carbocycles. The van der Waals surface area contributed by atoms with Crippen molar-refractivity contribution in [1.82, 2.24) is 9.13 Å². The summed E-state index contributed by atoms with van der Waals surface area (Å²) in [6.07, 6.45) is 4.55. The van der Waals surface area contributed by atoms with Crippen LogP contribution in [0.4, 0.5) is 0 Å². The van der Waals surface area contributed by atoms with Crippen molar-refractivity contribution in [3.05, 3.63) is 114 Å². The zero-order valence-corrected chi connectivity index (χ0v) is 20.0. The second-order valence-electron chi connectivity index (χ2n) is 8.37. The molecule has 33 heavy (non-hydrogen) atoms. The molecule has 2 aromatic heterocycles. The Hall–Kier alpha value is -3.56. The third-order valence-corrected chi connectivity index (χ3v) is 6.58. The number of para-hydroxylation sites is 4. The van der Waals surface area contributed by atoms with Crippen LogP contribution in [0.15, 0.2) is 114 Å². The minimum Gasteiger partial charge on any atom is -0.336 e. The number of allylic oxidation sites excluding steroid dienone is 4. The van der Waals surface area contributed by atoms with E-state index in [1.165, 1.54) is 43.6 Å². The normalized spacial score (nSPS) is 13.0. The Labute approximate surface area is 201 Å². The van der Waals surface area contributed by atoms with E-state index in [0.29, 0.717) is 0 Å². The molecule has 0 unspecified atom stereocenters. The quantitative estimate of drug-likeness (QED) is 0.218. The van der Waals surface area contributed by atoms with Crippen LogP contribution in [0.3, 0.4) is 0 Å². The summed E-state index contributed by atoms with van der Waals surface area (Å²) in [4.78, 5) is 0. The standard InChI is InChI=1S/C30H23BrN2/c1-21(31)20-22(33-29-16-8-4-12-25(29)26-13-5-9-17-30(26)33)18-19-32-27-14-6-2-10-23(27)24-11-3-7-15-28(24)32/h2-18,20H,19H2,1H3/b21-20+,22-18+. The van der Waals surface area contributed by atoms with E-state index in [1.54, 1.807) is 0 Å². The molecule has 0 radical (unpaired) electrons. The molecule has 0 fully saturated rings. The molecule has 0 atom stereocenters. The molecular formula is C30H23BrN2. The van der Waals surface area contributed by atoms with E-state index >= 15 is 0 Å². The van der Waals surface area contributed by atoms with Crippen molar-refractivity contribution >= 4 is 65.2 Å². The van der Waals surface area contributed by atoms with Gasteiger partial charge in [-0.3, -0.25) is 0 Å². The van der Waals surface area contributed by atoms with Crippen molar-refractivity contribution in [2.75, 3.05) is 0 Å². The Balaban J connectivity index is 1.60. The van der Waals surface area contributed by atoms with E-state index in [2.05, 4.69) is 141 Å². The second-order valence-corrected chi connectivity index (χ2v) is 9.63. The molecule has 0 saturated heterocycles. The maximum atomic E-state index is 3.69. The second kappa shape index (κ2) is 8.09. The Morgan fingerprint density at radius 2 is 1.03 bits per heavy atom. The fourth-order valence-electron chi connectivity index (χ4n) is 5.00. The molecule has 2 nitrogen and oxygen atoms in total. The first-order valence-corrected chi connectivity index (χ1v) is 12.0. The Morgan fingerprint density at radius 1 is 0.636 bits per heavy atom. The summed E-state index contributed by atoms with van der Waals surface area (Å²) in [5, 5.41) is 5.15. The summed E-state index contributed by atoms with van der Waals surface area (Å²) >= 11 is 3.69. The van der Waals surface area contributed by atoms with Crippen LogP contribution >= 0.6 is 15.9 Å². The number of rotatable bonds is 4. The van der Waals surface area contributed by atoms with Gasteiger partial charge in [0, 0.05) is 44.8 Å². The molecule has 2 heterocycles. The molecule has 0 spiro atoms. The van der Waals surface area contributed by atoms with E-state index in [0.717, 1.165) is 16.7 Å². The van der Waals surface area contributed by atoms with Gasteiger partial charge >= 0.3 is 0 Å². The first-order valence-electron chi connectivity index (χ1n) is 11.2. The summed E-state index contributed by atoms with van der Waals surface area (Å²) in [6.45, 7) is 2.86. The minimum absolute atomic E-state index is 0.779. The van der Waals surface area contributed by atoms with Crippen LogP contribution in [0.5, 0.6) is 0 Å². The molecule has 0 bridgehead atoms. The summed E-state index contributed by atoms with van der Waals surface area (Å²) in [7, 11) is 0. The maximum Gasteiger partial charge on any atom is 0.0540 e. The molecule has 0 aliphatic heterocycles. The molecule has 0 aliphatic carbocycles. The molecule has 4 aromatic carbocycles. The highest BCUT2D eigenvalue weighted by atomic mass is 79.9. The van der Waals surface area contributed by atoms with E-state index in [-0.39, 0.29) is 0 Å². The van der Waals surface area contributed by atoms with Crippen molar-refractivity contribution in [3.63, 3.8) is 0 Å². The largest absolute Gasteiger partial charge is 0.336 e. The third kappa shape index (κ3) is 3.32. The molecule has 160 valence electrons. The lowest BCUT2D eigenvalue weighted by atomic mass is 10.2. The SMILES string of the molecule is C/C(Br)=C\C(=C/Cn1c2ccccc2c2ccccc21)n1c2ccccc2c2ccccc21. The van der Waals surface area contributed by atoms with Gasteiger partial charge in [0.1, 0.15) is 0 Å². The number of hydrogen-bond donors (Lipinski definition) is 0. The fourth-order valence-corrected chi connectivity index (χ4v) is 5.24. The average molecular weight is 491 g/mol. The molecule has 6 rings (SSSR count). The minimum atomic E-state index is 0.779. The van der Waals surface area contributed by atoms with Crippen LogP contribution in [0.2, 0.25) is 0 Å². The van der Waals surface area contributed by atoms with Gasteiger partial charge < -0.3 is 9.13 Å². The number of benzene rings is 4. The molecule has 0 N–H and O–H groups in total. The van der Waals surface area contributed by atoms with Crippen molar-refractivity contribution in [1.29, 1.82) is 0 Å². The highest BCUT2D eigenvalue weighted by Gasteiger charge is 2.13. The van der Waals surface area contributed by atoms with Gasteiger partial charge in [0.15, 0.2) is 0 Å². The number of nitrogens with zero attached hydrogens (tertiary/aromatic N) is 2. The fraction of sp³-hybridized carbons (Fsp3) is 0.0667.